The highest BCUT2D eigenvalue weighted by Crippen LogP contribution is 2.24. The minimum absolute atomic E-state index is 0.0576. The van der Waals surface area contributed by atoms with E-state index < -0.39 is 4.92 Å². The average molecular weight is 293 g/mol. The molecule has 0 bridgehead atoms. The van der Waals surface area contributed by atoms with Crippen molar-refractivity contribution >= 4 is 21.5 Å². The molecule has 0 saturated heterocycles. The summed E-state index contributed by atoms with van der Waals surface area (Å²) >= 11 is 1.05. The van der Waals surface area contributed by atoms with Gasteiger partial charge in [-0.1, -0.05) is 6.07 Å². The van der Waals surface area contributed by atoms with Crippen molar-refractivity contribution in [2.75, 3.05) is 18.4 Å². The van der Waals surface area contributed by atoms with Crippen LogP contribution in [0.2, 0.25) is 0 Å². The largest absolute Gasteiger partial charge is 0.361 e. The van der Waals surface area contributed by atoms with Gasteiger partial charge in [0.2, 0.25) is 0 Å². The molecule has 8 heteroatoms. The SMILES string of the molecule is O=[N+]([O-])c1cnc(NCCCNCc2cccnc2)s1. The van der Waals surface area contributed by atoms with Crippen LogP contribution in [0, 0.1) is 10.1 Å². The van der Waals surface area contributed by atoms with Gasteiger partial charge in [-0.3, -0.25) is 15.1 Å². The quantitative estimate of drug-likeness (QED) is 0.439. The van der Waals surface area contributed by atoms with Crippen LogP contribution >= 0.6 is 11.3 Å². The molecule has 0 radical (unpaired) electrons. The normalized spacial score (nSPS) is 10.4. The summed E-state index contributed by atoms with van der Waals surface area (Å²) in [5.41, 5.74) is 1.15. The molecule has 2 rings (SSSR count). The van der Waals surface area contributed by atoms with Crippen molar-refractivity contribution in [3.05, 3.63) is 46.4 Å². The molecule has 0 aliphatic heterocycles. The Morgan fingerprint density at radius 3 is 2.95 bits per heavy atom. The number of aromatic nitrogens is 2. The number of anilines is 1. The number of thiazole rings is 1. The number of nitrogens with zero attached hydrogens (tertiary/aromatic N) is 3. The van der Waals surface area contributed by atoms with Crippen LogP contribution < -0.4 is 10.6 Å². The molecule has 7 nitrogen and oxygen atoms in total. The predicted octanol–water partition coefficient (Wildman–Crippen LogP) is 2.04. The van der Waals surface area contributed by atoms with Crippen molar-refractivity contribution in [2.45, 2.75) is 13.0 Å². The van der Waals surface area contributed by atoms with E-state index in [0.717, 1.165) is 43.0 Å². The Hall–Kier alpha value is -2.06. The fourth-order valence-electron chi connectivity index (χ4n) is 1.58. The van der Waals surface area contributed by atoms with Crippen molar-refractivity contribution < 1.29 is 4.92 Å². The number of hydrogen-bond donors (Lipinski definition) is 2. The first-order chi connectivity index (χ1) is 9.75. The fourth-order valence-corrected chi connectivity index (χ4v) is 2.23. The van der Waals surface area contributed by atoms with E-state index in [1.165, 1.54) is 6.20 Å². The van der Waals surface area contributed by atoms with E-state index in [1.807, 2.05) is 18.3 Å². The third-order valence-electron chi connectivity index (χ3n) is 2.53. The van der Waals surface area contributed by atoms with Crippen LogP contribution in [0.25, 0.3) is 0 Å². The molecule has 0 fully saturated rings. The minimum atomic E-state index is -0.432. The lowest BCUT2D eigenvalue weighted by atomic mass is 10.3. The van der Waals surface area contributed by atoms with Gasteiger partial charge in [0.25, 0.3) is 0 Å². The summed E-state index contributed by atoms with van der Waals surface area (Å²) in [6.07, 6.45) is 5.77. The predicted molar refractivity (Wildman–Crippen MR) is 77.8 cm³/mol. The summed E-state index contributed by atoms with van der Waals surface area (Å²) in [6.45, 7) is 2.37. The number of rotatable bonds is 8. The maximum atomic E-state index is 10.5. The Morgan fingerprint density at radius 2 is 2.25 bits per heavy atom. The average Bonchev–Trinajstić information content (AvgIpc) is 2.93. The number of nitrogens with one attached hydrogen (secondary N) is 2. The van der Waals surface area contributed by atoms with Gasteiger partial charge in [-0.25, -0.2) is 4.98 Å². The monoisotopic (exact) mass is 293 g/mol. The molecule has 0 unspecified atom stereocenters. The molecular weight excluding hydrogens is 278 g/mol. The molecule has 0 amide bonds. The third kappa shape index (κ3) is 4.56. The number of pyridine rings is 1. The maximum absolute atomic E-state index is 10.5. The van der Waals surface area contributed by atoms with Crippen molar-refractivity contribution in [2.24, 2.45) is 0 Å². The van der Waals surface area contributed by atoms with Crippen LogP contribution in [-0.2, 0) is 6.54 Å². The molecule has 2 N–H and O–H groups in total. The summed E-state index contributed by atoms with van der Waals surface area (Å²) in [5.74, 6) is 0. The second kappa shape index (κ2) is 7.51. The lowest BCUT2D eigenvalue weighted by molar-refractivity contribution is -0.380. The van der Waals surface area contributed by atoms with Crippen LogP contribution in [-0.4, -0.2) is 28.0 Å². The Bertz CT molecular complexity index is 546. The summed E-state index contributed by atoms with van der Waals surface area (Å²) < 4.78 is 0. The van der Waals surface area contributed by atoms with Gasteiger partial charge >= 0.3 is 5.00 Å². The van der Waals surface area contributed by atoms with Gasteiger partial charge in [0, 0.05) is 25.5 Å². The van der Waals surface area contributed by atoms with Gasteiger partial charge < -0.3 is 10.6 Å². The van der Waals surface area contributed by atoms with Crippen molar-refractivity contribution in [3.63, 3.8) is 0 Å². The number of nitro groups is 1. The van der Waals surface area contributed by atoms with E-state index in [9.17, 15) is 10.1 Å². The van der Waals surface area contributed by atoms with Gasteiger partial charge in [-0.15, -0.1) is 0 Å². The first-order valence-electron chi connectivity index (χ1n) is 6.19. The first kappa shape index (κ1) is 14.4. The molecular formula is C12H15N5O2S. The van der Waals surface area contributed by atoms with Gasteiger partial charge in [0.05, 0.1) is 4.92 Å². The highest BCUT2D eigenvalue weighted by atomic mass is 32.1. The van der Waals surface area contributed by atoms with Crippen LogP contribution in [0.5, 0.6) is 0 Å². The van der Waals surface area contributed by atoms with E-state index in [0.29, 0.717) is 5.13 Å². The van der Waals surface area contributed by atoms with E-state index in [4.69, 9.17) is 0 Å². The van der Waals surface area contributed by atoms with Gasteiger partial charge in [-0.05, 0) is 35.9 Å². The number of hydrogen-bond acceptors (Lipinski definition) is 7. The summed E-state index contributed by atoms with van der Waals surface area (Å²) in [5, 5.41) is 17.5. The molecule has 0 spiro atoms. The zero-order chi connectivity index (χ0) is 14.2. The molecule has 20 heavy (non-hydrogen) atoms. The molecule has 0 aliphatic rings. The smallest absolute Gasteiger partial charge is 0.345 e. The second-order valence-corrected chi connectivity index (χ2v) is 5.09. The van der Waals surface area contributed by atoms with Crippen molar-refractivity contribution in [3.8, 4) is 0 Å². The van der Waals surface area contributed by atoms with Crippen molar-refractivity contribution in [1.29, 1.82) is 0 Å². The molecule has 2 aromatic heterocycles. The highest BCUT2D eigenvalue weighted by molar-refractivity contribution is 7.18. The highest BCUT2D eigenvalue weighted by Gasteiger charge is 2.10. The van der Waals surface area contributed by atoms with Crippen LogP contribution in [0.15, 0.2) is 30.7 Å². The van der Waals surface area contributed by atoms with Gasteiger partial charge in [0.15, 0.2) is 5.13 Å². The van der Waals surface area contributed by atoms with E-state index in [1.54, 1.807) is 6.20 Å². The Balaban J connectivity index is 1.58. The lowest BCUT2D eigenvalue weighted by Gasteiger charge is -2.05. The molecule has 106 valence electrons. The molecule has 0 aliphatic carbocycles. The first-order valence-corrected chi connectivity index (χ1v) is 7.01. The lowest BCUT2D eigenvalue weighted by Crippen LogP contribution is -2.17. The molecule has 0 saturated carbocycles. The zero-order valence-electron chi connectivity index (χ0n) is 10.8. The summed E-state index contributed by atoms with van der Waals surface area (Å²) in [6, 6.07) is 3.93. The Kier molecular flexibility index (Phi) is 5.39. The van der Waals surface area contributed by atoms with Gasteiger partial charge in [0.1, 0.15) is 6.20 Å². The van der Waals surface area contributed by atoms with Gasteiger partial charge in [-0.2, -0.15) is 0 Å². The van der Waals surface area contributed by atoms with E-state index >= 15 is 0 Å². The zero-order valence-corrected chi connectivity index (χ0v) is 11.6. The molecule has 0 aromatic carbocycles. The fraction of sp³-hybridized carbons (Fsp3) is 0.333. The summed E-state index contributed by atoms with van der Waals surface area (Å²) in [4.78, 5) is 18.0. The minimum Gasteiger partial charge on any atom is -0.361 e. The Morgan fingerprint density at radius 1 is 1.35 bits per heavy atom. The molecule has 0 atom stereocenters. The Labute approximate surface area is 120 Å². The second-order valence-electron chi connectivity index (χ2n) is 4.08. The van der Waals surface area contributed by atoms with Crippen LogP contribution in [0.1, 0.15) is 12.0 Å². The maximum Gasteiger partial charge on any atom is 0.345 e. The summed E-state index contributed by atoms with van der Waals surface area (Å²) in [7, 11) is 0. The van der Waals surface area contributed by atoms with Crippen LogP contribution in [0.3, 0.4) is 0 Å². The van der Waals surface area contributed by atoms with Crippen molar-refractivity contribution in [1.82, 2.24) is 15.3 Å². The standard InChI is InChI=1S/C12H15N5O2S/c18-17(19)11-9-16-12(20-11)15-6-2-5-14-8-10-3-1-4-13-7-10/h1,3-4,7,9,14H,2,5-6,8H2,(H,15,16). The van der Waals surface area contributed by atoms with E-state index in [2.05, 4.69) is 20.6 Å². The third-order valence-corrected chi connectivity index (χ3v) is 3.44. The van der Waals surface area contributed by atoms with Crippen LogP contribution in [0.4, 0.5) is 10.1 Å². The molecule has 2 aromatic rings. The topological polar surface area (TPSA) is 93.0 Å². The molecule has 2 heterocycles. The van der Waals surface area contributed by atoms with E-state index in [-0.39, 0.29) is 5.00 Å².